The molecule has 4 aliphatic carbocycles. The van der Waals surface area contributed by atoms with Gasteiger partial charge in [0.2, 0.25) is 0 Å². The maximum Gasteiger partial charge on any atom is 0.159 e. The van der Waals surface area contributed by atoms with Crippen molar-refractivity contribution in [1.29, 1.82) is 0 Å². The van der Waals surface area contributed by atoms with Crippen molar-refractivity contribution in [2.45, 2.75) is 70.3 Å². The summed E-state index contributed by atoms with van der Waals surface area (Å²) in [5, 5.41) is 21.2. The third-order valence-corrected chi connectivity index (χ3v) is 9.17. The summed E-state index contributed by atoms with van der Waals surface area (Å²) in [6.07, 6.45) is 11.2. The third-order valence-electron chi connectivity index (χ3n) is 9.17. The Morgan fingerprint density at radius 1 is 1.15 bits per heavy atom. The van der Waals surface area contributed by atoms with E-state index in [1.165, 1.54) is 22.3 Å². The summed E-state index contributed by atoms with van der Waals surface area (Å²) in [4.78, 5) is 24.0. The van der Waals surface area contributed by atoms with Crippen molar-refractivity contribution >= 4 is 11.6 Å². The van der Waals surface area contributed by atoms with Crippen LogP contribution >= 0.6 is 0 Å². The molecule has 0 saturated heterocycles. The van der Waals surface area contributed by atoms with Crippen LogP contribution in [0.15, 0.2) is 59.2 Å². The number of hydrogen-bond donors (Lipinski definition) is 2. The molecular weight excluding hydrogens is 412 g/mol. The van der Waals surface area contributed by atoms with E-state index in [2.05, 4.69) is 19.1 Å². The predicted molar refractivity (Wildman–Crippen MR) is 128 cm³/mol. The Morgan fingerprint density at radius 3 is 2.61 bits per heavy atom. The summed E-state index contributed by atoms with van der Waals surface area (Å²) in [7, 11) is 0. The molecule has 33 heavy (non-hydrogen) atoms. The second kappa shape index (κ2) is 8.18. The summed E-state index contributed by atoms with van der Waals surface area (Å²) in [6.45, 7) is 3.76. The highest BCUT2D eigenvalue weighted by Crippen LogP contribution is 2.67. The quantitative estimate of drug-likeness (QED) is 0.500. The van der Waals surface area contributed by atoms with Gasteiger partial charge in [-0.2, -0.15) is 0 Å². The minimum absolute atomic E-state index is 0.0603. The number of aliphatic hydroxyl groups is 2. The first-order valence-corrected chi connectivity index (χ1v) is 12.4. The summed E-state index contributed by atoms with van der Waals surface area (Å²) in [5.41, 5.74) is 4.74. The lowest BCUT2D eigenvalue weighted by atomic mass is 9.51. The first-order chi connectivity index (χ1) is 15.8. The van der Waals surface area contributed by atoms with Crippen LogP contribution in [0.1, 0.15) is 80.6 Å². The van der Waals surface area contributed by atoms with E-state index in [9.17, 15) is 19.8 Å². The van der Waals surface area contributed by atoms with Crippen molar-refractivity contribution < 1.29 is 19.8 Å². The molecule has 4 aliphatic rings. The lowest BCUT2D eigenvalue weighted by molar-refractivity contribution is -0.114. The van der Waals surface area contributed by atoms with E-state index in [0.717, 1.165) is 32.1 Å². The zero-order valence-corrected chi connectivity index (χ0v) is 19.6. The van der Waals surface area contributed by atoms with Crippen LogP contribution < -0.4 is 0 Å². The topological polar surface area (TPSA) is 74.6 Å². The van der Waals surface area contributed by atoms with E-state index in [1.54, 1.807) is 13.0 Å². The van der Waals surface area contributed by atoms with Crippen molar-refractivity contribution in [1.82, 2.24) is 0 Å². The fourth-order valence-corrected chi connectivity index (χ4v) is 7.47. The van der Waals surface area contributed by atoms with Crippen molar-refractivity contribution in [3.05, 3.63) is 70.3 Å². The van der Waals surface area contributed by atoms with Crippen molar-refractivity contribution in [2.75, 3.05) is 6.61 Å². The van der Waals surface area contributed by atoms with Crippen LogP contribution in [0.5, 0.6) is 0 Å². The highest BCUT2D eigenvalue weighted by Gasteiger charge is 2.61. The number of carbonyl (C=O) groups is 2. The van der Waals surface area contributed by atoms with Crippen LogP contribution in [0.3, 0.4) is 0 Å². The number of hydrogen-bond acceptors (Lipinski definition) is 4. The van der Waals surface area contributed by atoms with E-state index in [-0.39, 0.29) is 29.5 Å². The lowest BCUT2D eigenvalue weighted by Gasteiger charge is -2.54. The number of benzene rings is 1. The molecule has 0 radical (unpaired) electrons. The van der Waals surface area contributed by atoms with E-state index in [0.29, 0.717) is 30.2 Å². The van der Waals surface area contributed by atoms with Gasteiger partial charge in [0.25, 0.3) is 0 Å². The minimum atomic E-state index is -0.938. The molecule has 5 rings (SSSR count). The molecule has 0 spiro atoms. The molecule has 2 N–H and O–H groups in total. The molecule has 0 amide bonds. The number of fused-ring (bicyclic) bond motifs is 4. The molecule has 0 heterocycles. The van der Waals surface area contributed by atoms with Gasteiger partial charge in [-0.15, -0.1) is 0 Å². The number of Topliss-reactive ketones (excluding diaryl/α,β-unsaturated/α-hetero) is 1. The van der Waals surface area contributed by atoms with Crippen LogP contribution in [0.25, 0.3) is 0 Å². The molecule has 1 aromatic rings. The monoisotopic (exact) mass is 446 g/mol. The molecule has 5 atom stereocenters. The molecule has 0 bridgehead atoms. The Bertz CT molecular complexity index is 1080. The minimum Gasteiger partial charge on any atom is -0.392 e. The van der Waals surface area contributed by atoms with Gasteiger partial charge in [-0.3, -0.25) is 9.59 Å². The Hall–Kier alpha value is -2.30. The van der Waals surface area contributed by atoms with Crippen molar-refractivity contribution in [3.63, 3.8) is 0 Å². The van der Waals surface area contributed by atoms with E-state index in [1.807, 2.05) is 24.3 Å². The molecule has 2 saturated carbocycles. The highest BCUT2D eigenvalue weighted by molar-refractivity contribution is 5.94. The zero-order valence-electron chi connectivity index (χ0n) is 19.6. The maximum absolute atomic E-state index is 12.2. The Kier molecular flexibility index (Phi) is 5.57. The predicted octanol–water partition coefficient (Wildman–Crippen LogP) is 5.07. The van der Waals surface area contributed by atoms with Crippen LogP contribution in [-0.2, 0) is 4.79 Å². The van der Waals surface area contributed by atoms with Gasteiger partial charge in [0.15, 0.2) is 11.6 Å². The SMILES string of the molecule is CC(=O)c1ccc(C2C[C@@]3(C)[C@@H](CC[C@@]3(O)C=CCO)[C@@H]3CCC4=CC(=O)CCC4=C23)cc1. The average molecular weight is 447 g/mol. The van der Waals surface area contributed by atoms with E-state index >= 15 is 0 Å². The second-order valence-electron chi connectivity index (χ2n) is 10.7. The molecule has 0 aromatic heterocycles. The summed E-state index contributed by atoms with van der Waals surface area (Å²) in [5.74, 6) is 1.21. The zero-order chi connectivity index (χ0) is 23.4. The van der Waals surface area contributed by atoms with Crippen molar-refractivity contribution in [3.8, 4) is 0 Å². The van der Waals surface area contributed by atoms with Gasteiger partial charge >= 0.3 is 0 Å². The Balaban J connectivity index is 1.66. The molecule has 1 unspecified atom stereocenters. The first-order valence-electron chi connectivity index (χ1n) is 12.4. The summed E-state index contributed by atoms with van der Waals surface area (Å²) < 4.78 is 0. The molecule has 2 fully saturated rings. The van der Waals surface area contributed by atoms with Gasteiger partial charge in [0.05, 0.1) is 12.2 Å². The highest BCUT2D eigenvalue weighted by atomic mass is 16.3. The molecule has 4 nitrogen and oxygen atoms in total. The van der Waals surface area contributed by atoms with Crippen LogP contribution in [0.4, 0.5) is 0 Å². The van der Waals surface area contributed by atoms with E-state index < -0.39 is 5.60 Å². The van der Waals surface area contributed by atoms with Gasteiger partial charge in [0, 0.05) is 23.3 Å². The summed E-state index contributed by atoms with van der Waals surface area (Å²) in [6, 6.07) is 8.00. The molecule has 0 aliphatic heterocycles. The van der Waals surface area contributed by atoms with Crippen LogP contribution in [0, 0.1) is 17.3 Å². The summed E-state index contributed by atoms with van der Waals surface area (Å²) >= 11 is 0. The standard InChI is InChI=1S/C29H34O4/c1-18(31)19-4-6-20(7-5-19)25-17-28(2)26(12-14-29(28,33)13-3-15-30)24-10-8-21-16-22(32)9-11-23(21)27(24)25/h3-7,13,16,24-26,30,33H,8-12,14-15,17H2,1-2H3/t24-,25?,26-,28-,29-/m0/s1. The fourth-order valence-electron chi connectivity index (χ4n) is 7.47. The molecular formula is C29H34O4. The first kappa shape index (κ1) is 22.5. The lowest BCUT2D eigenvalue weighted by Crippen LogP contribution is -2.50. The second-order valence-corrected chi connectivity index (χ2v) is 10.7. The van der Waals surface area contributed by atoms with Crippen LogP contribution in [-0.4, -0.2) is 34.0 Å². The fraction of sp³-hybridized carbons (Fsp3) is 0.517. The number of aliphatic hydroxyl groups excluding tert-OH is 1. The Morgan fingerprint density at radius 2 is 1.91 bits per heavy atom. The molecule has 4 heteroatoms. The number of allylic oxidation sites excluding steroid dienone is 4. The average Bonchev–Trinajstić information content (AvgIpc) is 3.07. The van der Waals surface area contributed by atoms with Gasteiger partial charge in [-0.25, -0.2) is 0 Å². The van der Waals surface area contributed by atoms with Crippen molar-refractivity contribution in [2.24, 2.45) is 17.3 Å². The Labute approximate surface area is 196 Å². The van der Waals surface area contributed by atoms with Gasteiger partial charge in [-0.05, 0) is 80.1 Å². The normalized spacial score (nSPS) is 35.8. The van der Waals surface area contributed by atoms with Gasteiger partial charge in [0.1, 0.15) is 0 Å². The molecule has 1 aromatic carbocycles. The van der Waals surface area contributed by atoms with Crippen LogP contribution in [0.2, 0.25) is 0 Å². The smallest absolute Gasteiger partial charge is 0.159 e. The maximum atomic E-state index is 12.2. The number of carbonyl (C=O) groups excluding carboxylic acids is 2. The largest absolute Gasteiger partial charge is 0.392 e. The molecule has 174 valence electrons. The number of ketones is 2. The van der Waals surface area contributed by atoms with E-state index in [4.69, 9.17) is 0 Å². The third kappa shape index (κ3) is 3.50. The van der Waals surface area contributed by atoms with Gasteiger partial charge in [-0.1, -0.05) is 48.9 Å². The number of rotatable bonds is 4. The van der Waals surface area contributed by atoms with Gasteiger partial charge < -0.3 is 10.2 Å².